The van der Waals surface area contributed by atoms with Crippen molar-refractivity contribution in [2.24, 2.45) is 0 Å². The Balaban J connectivity index is 3.11. The molecule has 244 valence electrons. The largest absolute Gasteiger partial charge is 0.466 e. The molecular weight excluding hydrogens is 540 g/mol. The molecule has 0 unspecified atom stereocenters. The van der Waals surface area contributed by atoms with Crippen molar-refractivity contribution in [1.29, 1.82) is 0 Å². The van der Waals surface area contributed by atoms with Crippen LogP contribution in [0.3, 0.4) is 0 Å². The van der Waals surface area contributed by atoms with Gasteiger partial charge in [0.2, 0.25) is 0 Å². The normalized spacial score (nSPS) is 11.2. The summed E-state index contributed by atoms with van der Waals surface area (Å²) >= 11 is 0. The predicted octanol–water partition coefficient (Wildman–Crippen LogP) is 2.98. The molecule has 0 saturated carbocycles. The van der Waals surface area contributed by atoms with Crippen LogP contribution in [0.1, 0.15) is 58.8 Å². The molecule has 0 amide bonds. The van der Waals surface area contributed by atoms with Gasteiger partial charge in [-0.1, -0.05) is 32.6 Å². The minimum Gasteiger partial charge on any atom is -0.466 e. The molecule has 0 aromatic rings. The molecule has 41 heavy (non-hydrogen) atoms. The zero-order valence-electron chi connectivity index (χ0n) is 25.6. The Bertz CT molecular complexity index is 550. The van der Waals surface area contributed by atoms with E-state index in [1.54, 1.807) is 6.92 Å². The van der Waals surface area contributed by atoms with Gasteiger partial charge < -0.3 is 47.4 Å². The summed E-state index contributed by atoms with van der Waals surface area (Å²) in [5.41, 5.74) is 0. The maximum absolute atomic E-state index is 11.6. The first kappa shape index (κ1) is 39.6. The highest BCUT2D eigenvalue weighted by molar-refractivity contribution is 5.69. The van der Waals surface area contributed by atoms with Crippen molar-refractivity contribution in [2.75, 3.05) is 119 Å². The molecule has 0 heterocycles. The maximum Gasteiger partial charge on any atom is 0.308 e. The van der Waals surface area contributed by atoms with E-state index in [2.05, 4.69) is 6.92 Å². The van der Waals surface area contributed by atoms with Gasteiger partial charge in [0.1, 0.15) is 6.61 Å². The van der Waals surface area contributed by atoms with E-state index in [4.69, 9.17) is 47.4 Å². The van der Waals surface area contributed by atoms with Crippen LogP contribution in [0.4, 0.5) is 0 Å². The Labute approximate surface area is 246 Å². The molecule has 0 saturated heterocycles. The Hall–Kier alpha value is -1.38. The Morgan fingerprint density at radius 2 is 0.707 bits per heavy atom. The highest BCUT2D eigenvalue weighted by Crippen LogP contribution is 2.05. The highest BCUT2D eigenvalue weighted by atomic mass is 16.6. The lowest BCUT2D eigenvalue weighted by molar-refractivity contribution is -0.146. The first-order valence-electron chi connectivity index (χ1n) is 15.1. The molecule has 0 aromatic heterocycles. The van der Waals surface area contributed by atoms with E-state index in [-0.39, 0.29) is 25.0 Å². The van der Waals surface area contributed by atoms with Crippen LogP contribution in [0.2, 0.25) is 0 Å². The van der Waals surface area contributed by atoms with Crippen molar-refractivity contribution in [3.05, 3.63) is 0 Å². The standard InChI is InChI=1S/C29H56O12/c1-3-5-6-7-8-9-28(30)41-27-26-39-25-24-38-23-22-37-21-20-36-19-18-35-17-16-34-15-14-33-13-12-32-11-10-29(31)40-4-2/h3-27H2,1-2H3. The molecule has 0 rings (SSSR count). The van der Waals surface area contributed by atoms with Gasteiger partial charge in [-0.05, 0) is 13.3 Å². The summed E-state index contributed by atoms with van der Waals surface area (Å²) in [6.07, 6.45) is 6.32. The van der Waals surface area contributed by atoms with Gasteiger partial charge >= 0.3 is 11.9 Å². The van der Waals surface area contributed by atoms with Crippen LogP contribution in [0.15, 0.2) is 0 Å². The fourth-order valence-electron chi connectivity index (χ4n) is 3.19. The molecule has 12 nitrogen and oxygen atoms in total. The molecule has 0 radical (unpaired) electrons. The first-order valence-corrected chi connectivity index (χ1v) is 15.1. The molecule has 0 bridgehead atoms. The molecule has 0 spiro atoms. The second-order valence-electron chi connectivity index (χ2n) is 8.84. The first-order chi connectivity index (χ1) is 20.2. The molecule has 0 atom stereocenters. The Morgan fingerprint density at radius 3 is 1.10 bits per heavy atom. The van der Waals surface area contributed by atoms with Gasteiger partial charge in [0, 0.05) is 6.42 Å². The third kappa shape index (κ3) is 34.7. The van der Waals surface area contributed by atoms with Crippen LogP contribution < -0.4 is 0 Å². The molecule has 0 aliphatic heterocycles. The van der Waals surface area contributed by atoms with Crippen molar-refractivity contribution in [1.82, 2.24) is 0 Å². The number of carbonyl (C=O) groups is 2. The van der Waals surface area contributed by atoms with Gasteiger partial charge in [-0.3, -0.25) is 9.59 Å². The van der Waals surface area contributed by atoms with E-state index in [1.807, 2.05) is 0 Å². The topological polar surface area (TPSA) is 126 Å². The summed E-state index contributed by atoms with van der Waals surface area (Å²) in [5, 5.41) is 0. The smallest absolute Gasteiger partial charge is 0.308 e. The van der Waals surface area contributed by atoms with Crippen LogP contribution in [0.5, 0.6) is 0 Å². The number of hydrogen-bond acceptors (Lipinski definition) is 12. The SMILES string of the molecule is CCCCCCCC(=O)OCCOCCOCCOCCOCCOCCOCCOCCOCCC(=O)OCC. The van der Waals surface area contributed by atoms with Gasteiger partial charge in [-0.2, -0.15) is 0 Å². The van der Waals surface area contributed by atoms with Crippen LogP contribution in [0, 0.1) is 0 Å². The fraction of sp³-hybridized carbons (Fsp3) is 0.931. The second kappa shape index (κ2) is 34.8. The lowest BCUT2D eigenvalue weighted by atomic mass is 10.1. The van der Waals surface area contributed by atoms with Crippen molar-refractivity contribution in [3.8, 4) is 0 Å². The molecule has 0 aliphatic carbocycles. The lowest BCUT2D eigenvalue weighted by Gasteiger charge is -2.09. The quantitative estimate of drug-likeness (QED) is 0.0801. The minimum atomic E-state index is -0.252. The van der Waals surface area contributed by atoms with E-state index < -0.39 is 0 Å². The van der Waals surface area contributed by atoms with Crippen molar-refractivity contribution >= 4 is 11.9 Å². The van der Waals surface area contributed by atoms with Crippen LogP contribution in [0.25, 0.3) is 0 Å². The summed E-state index contributed by atoms with van der Waals surface area (Å²) in [7, 11) is 0. The summed E-state index contributed by atoms with van der Waals surface area (Å²) in [5.74, 6) is -0.401. The maximum atomic E-state index is 11.6. The molecule has 12 heteroatoms. The number of unbranched alkanes of at least 4 members (excludes halogenated alkanes) is 4. The predicted molar refractivity (Wildman–Crippen MR) is 152 cm³/mol. The lowest BCUT2D eigenvalue weighted by Crippen LogP contribution is -2.15. The monoisotopic (exact) mass is 596 g/mol. The number of carbonyl (C=O) groups excluding carboxylic acids is 2. The zero-order chi connectivity index (χ0) is 29.9. The van der Waals surface area contributed by atoms with Crippen molar-refractivity contribution in [3.63, 3.8) is 0 Å². The van der Waals surface area contributed by atoms with Crippen molar-refractivity contribution in [2.45, 2.75) is 58.8 Å². The molecule has 0 aromatic carbocycles. The van der Waals surface area contributed by atoms with Gasteiger partial charge in [-0.15, -0.1) is 0 Å². The zero-order valence-corrected chi connectivity index (χ0v) is 25.6. The summed E-state index contributed by atoms with van der Waals surface area (Å²) < 4.78 is 53.2. The summed E-state index contributed by atoms with van der Waals surface area (Å²) in [6, 6.07) is 0. The summed E-state index contributed by atoms with van der Waals surface area (Å²) in [4.78, 5) is 22.7. The van der Waals surface area contributed by atoms with Gasteiger partial charge in [0.25, 0.3) is 0 Å². The number of hydrogen-bond donors (Lipinski definition) is 0. The fourth-order valence-corrected chi connectivity index (χ4v) is 3.19. The van der Waals surface area contributed by atoms with E-state index in [0.717, 1.165) is 12.8 Å². The summed E-state index contributed by atoms with van der Waals surface area (Å²) in [6.45, 7) is 12.0. The Morgan fingerprint density at radius 1 is 0.366 bits per heavy atom. The van der Waals surface area contributed by atoms with Crippen LogP contribution in [-0.2, 0) is 57.0 Å². The minimum absolute atomic E-state index is 0.150. The highest BCUT2D eigenvalue weighted by Gasteiger charge is 2.03. The molecule has 0 N–H and O–H groups in total. The van der Waals surface area contributed by atoms with Crippen LogP contribution in [-0.4, -0.2) is 131 Å². The Kier molecular flexibility index (Phi) is 33.6. The van der Waals surface area contributed by atoms with E-state index >= 15 is 0 Å². The van der Waals surface area contributed by atoms with Gasteiger partial charge in [0.05, 0.1) is 119 Å². The second-order valence-corrected chi connectivity index (χ2v) is 8.84. The van der Waals surface area contributed by atoms with Gasteiger partial charge in [0.15, 0.2) is 0 Å². The van der Waals surface area contributed by atoms with E-state index in [1.165, 1.54) is 19.3 Å². The van der Waals surface area contributed by atoms with Gasteiger partial charge in [-0.25, -0.2) is 0 Å². The van der Waals surface area contributed by atoms with Crippen molar-refractivity contribution < 1.29 is 57.0 Å². The van der Waals surface area contributed by atoms with E-state index in [9.17, 15) is 9.59 Å². The third-order valence-electron chi connectivity index (χ3n) is 5.34. The average molecular weight is 597 g/mol. The molecule has 0 fully saturated rings. The third-order valence-corrected chi connectivity index (χ3v) is 5.34. The molecular formula is C29H56O12. The van der Waals surface area contributed by atoms with Crippen LogP contribution >= 0.6 is 0 Å². The number of esters is 2. The van der Waals surface area contributed by atoms with E-state index in [0.29, 0.717) is 119 Å². The number of ether oxygens (including phenoxy) is 10. The average Bonchev–Trinajstić information content (AvgIpc) is 2.96. The number of rotatable bonds is 34. The molecule has 0 aliphatic rings.